The third-order valence-electron chi connectivity index (χ3n) is 2.84. The zero-order valence-electron chi connectivity index (χ0n) is 10.4. The molecule has 0 amide bonds. The molecule has 4 nitrogen and oxygen atoms in total. The average molecular weight is 301 g/mol. The number of hydrogen-bond acceptors (Lipinski definition) is 3. The maximum atomic E-state index is 11.5. The Bertz CT molecular complexity index is 610. The van der Waals surface area contributed by atoms with Gasteiger partial charge in [-0.05, 0) is 24.6 Å². The molecule has 2 rings (SSSR count). The average Bonchev–Trinajstić information content (AvgIpc) is 2.73. The fraction of sp³-hybridized carbons (Fsp3) is 0.308. The smallest absolute Gasteiger partial charge is 0.323 e. The molecular weight excluding hydrogens is 287 g/mol. The number of nitrogens with one attached hydrogen (secondary N) is 1. The third kappa shape index (κ3) is 3.03. The maximum absolute atomic E-state index is 11.5. The van der Waals surface area contributed by atoms with Gasteiger partial charge in [-0.1, -0.05) is 23.2 Å². The first-order chi connectivity index (χ1) is 9.02. The minimum absolute atomic E-state index is 0.321. The van der Waals surface area contributed by atoms with Gasteiger partial charge in [0.2, 0.25) is 0 Å². The van der Waals surface area contributed by atoms with Crippen molar-refractivity contribution >= 4 is 40.1 Å². The molecule has 2 aromatic rings. The Morgan fingerprint density at radius 1 is 1.42 bits per heavy atom. The van der Waals surface area contributed by atoms with Crippen molar-refractivity contribution in [3.05, 3.63) is 33.9 Å². The second-order valence-corrected chi connectivity index (χ2v) is 5.00. The predicted molar refractivity (Wildman–Crippen MR) is 76.6 cm³/mol. The Labute approximate surface area is 120 Å². The molecule has 6 heteroatoms. The summed E-state index contributed by atoms with van der Waals surface area (Å²) in [7, 11) is 0. The van der Waals surface area contributed by atoms with Gasteiger partial charge in [0.1, 0.15) is 6.04 Å². The van der Waals surface area contributed by atoms with E-state index in [0.717, 1.165) is 16.5 Å². The van der Waals surface area contributed by atoms with Crippen LogP contribution in [-0.2, 0) is 16.0 Å². The van der Waals surface area contributed by atoms with E-state index in [4.69, 9.17) is 33.7 Å². The van der Waals surface area contributed by atoms with Crippen LogP contribution in [0.5, 0.6) is 0 Å². The van der Waals surface area contributed by atoms with Crippen LogP contribution in [-0.4, -0.2) is 23.6 Å². The summed E-state index contributed by atoms with van der Waals surface area (Å²) in [5.74, 6) is -0.406. The van der Waals surface area contributed by atoms with Crippen molar-refractivity contribution in [2.24, 2.45) is 5.73 Å². The molecule has 0 saturated heterocycles. The van der Waals surface area contributed by atoms with Gasteiger partial charge in [0.25, 0.3) is 0 Å². The quantitative estimate of drug-likeness (QED) is 0.853. The van der Waals surface area contributed by atoms with Gasteiger partial charge in [-0.15, -0.1) is 0 Å². The Morgan fingerprint density at radius 3 is 2.79 bits per heavy atom. The highest BCUT2D eigenvalue weighted by atomic mass is 35.5. The highest BCUT2D eigenvalue weighted by Gasteiger charge is 2.17. The number of esters is 1. The number of nitrogens with two attached hydrogens (primary N) is 1. The highest BCUT2D eigenvalue weighted by Crippen LogP contribution is 2.29. The number of aromatic nitrogens is 1. The number of hydrogen-bond donors (Lipinski definition) is 2. The molecule has 1 atom stereocenters. The minimum atomic E-state index is -0.687. The molecule has 1 aromatic heterocycles. The maximum Gasteiger partial charge on any atom is 0.323 e. The number of ether oxygens (including phenoxy) is 1. The van der Waals surface area contributed by atoms with Crippen LogP contribution in [0.4, 0.5) is 0 Å². The summed E-state index contributed by atoms with van der Waals surface area (Å²) in [6.07, 6.45) is 2.19. The van der Waals surface area contributed by atoms with Gasteiger partial charge in [0.15, 0.2) is 0 Å². The predicted octanol–water partition coefficient (Wildman–Crippen LogP) is 2.91. The van der Waals surface area contributed by atoms with E-state index in [1.807, 2.05) is 0 Å². The largest absolute Gasteiger partial charge is 0.465 e. The molecule has 0 aliphatic heterocycles. The van der Waals surface area contributed by atoms with Crippen molar-refractivity contribution in [2.75, 3.05) is 6.61 Å². The van der Waals surface area contributed by atoms with Crippen LogP contribution in [0, 0.1) is 0 Å². The third-order valence-corrected chi connectivity index (χ3v) is 3.56. The molecule has 0 radical (unpaired) electrons. The highest BCUT2D eigenvalue weighted by molar-refractivity contribution is 6.42. The van der Waals surface area contributed by atoms with E-state index in [1.54, 1.807) is 25.3 Å². The Morgan fingerprint density at radius 2 is 2.11 bits per heavy atom. The summed E-state index contributed by atoms with van der Waals surface area (Å²) in [6, 6.07) is 2.83. The second kappa shape index (κ2) is 5.82. The lowest BCUT2D eigenvalue weighted by Gasteiger charge is -2.09. The Hall–Kier alpha value is -1.23. The number of carbonyl (C=O) groups excluding carboxylic acids is 1. The van der Waals surface area contributed by atoms with Gasteiger partial charge >= 0.3 is 5.97 Å². The molecule has 0 aliphatic carbocycles. The van der Waals surface area contributed by atoms with E-state index in [0.29, 0.717) is 23.1 Å². The van der Waals surface area contributed by atoms with Crippen LogP contribution in [0.3, 0.4) is 0 Å². The molecule has 1 heterocycles. The Balaban J connectivity index is 2.26. The van der Waals surface area contributed by atoms with Crippen molar-refractivity contribution in [3.63, 3.8) is 0 Å². The number of benzene rings is 1. The first-order valence-electron chi connectivity index (χ1n) is 5.90. The van der Waals surface area contributed by atoms with E-state index in [2.05, 4.69) is 4.98 Å². The molecule has 0 saturated carbocycles. The van der Waals surface area contributed by atoms with E-state index in [9.17, 15) is 4.79 Å². The van der Waals surface area contributed by atoms with Crippen LogP contribution in [0.15, 0.2) is 18.3 Å². The lowest BCUT2D eigenvalue weighted by Crippen LogP contribution is -2.34. The zero-order valence-corrected chi connectivity index (χ0v) is 11.9. The van der Waals surface area contributed by atoms with E-state index in [-0.39, 0.29) is 0 Å². The first-order valence-corrected chi connectivity index (χ1v) is 6.65. The van der Waals surface area contributed by atoms with Gasteiger partial charge in [-0.2, -0.15) is 0 Å². The number of aromatic amines is 1. The number of rotatable bonds is 4. The normalized spacial score (nSPS) is 12.6. The standard InChI is InChI=1S/C13H14Cl2N2O2/c1-2-19-13(18)11(16)3-7-6-17-12-5-10(15)9(14)4-8(7)12/h4-6,11,17H,2-3,16H2,1H3/t11-/m1/s1. The van der Waals surface area contributed by atoms with E-state index in [1.165, 1.54) is 0 Å². The van der Waals surface area contributed by atoms with Crippen LogP contribution in [0.25, 0.3) is 10.9 Å². The van der Waals surface area contributed by atoms with Crippen molar-refractivity contribution in [2.45, 2.75) is 19.4 Å². The number of H-pyrrole nitrogens is 1. The van der Waals surface area contributed by atoms with Crippen molar-refractivity contribution in [3.8, 4) is 0 Å². The number of fused-ring (bicyclic) bond motifs is 1. The number of halogens is 2. The molecule has 0 fully saturated rings. The van der Waals surface area contributed by atoms with Gasteiger partial charge in [-0.3, -0.25) is 4.79 Å². The molecule has 102 valence electrons. The molecule has 0 bridgehead atoms. The molecule has 0 aliphatic rings. The molecule has 0 unspecified atom stereocenters. The topological polar surface area (TPSA) is 68.1 Å². The first kappa shape index (κ1) is 14.2. The zero-order chi connectivity index (χ0) is 14.0. The SMILES string of the molecule is CCOC(=O)[C@H](N)Cc1c[nH]c2cc(Cl)c(Cl)cc12. The summed E-state index contributed by atoms with van der Waals surface area (Å²) in [4.78, 5) is 14.6. The Kier molecular flexibility index (Phi) is 4.34. The van der Waals surface area contributed by atoms with Crippen molar-refractivity contribution in [1.82, 2.24) is 4.98 Å². The van der Waals surface area contributed by atoms with Crippen LogP contribution >= 0.6 is 23.2 Å². The second-order valence-electron chi connectivity index (χ2n) is 4.19. The molecular formula is C13H14Cl2N2O2. The molecule has 0 spiro atoms. The van der Waals surface area contributed by atoms with Crippen LogP contribution < -0.4 is 5.73 Å². The van der Waals surface area contributed by atoms with E-state index < -0.39 is 12.0 Å². The van der Waals surface area contributed by atoms with E-state index >= 15 is 0 Å². The monoisotopic (exact) mass is 300 g/mol. The minimum Gasteiger partial charge on any atom is -0.465 e. The molecule has 3 N–H and O–H groups in total. The lowest BCUT2D eigenvalue weighted by molar-refractivity contribution is -0.144. The van der Waals surface area contributed by atoms with Gasteiger partial charge < -0.3 is 15.5 Å². The molecule has 19 heavy (non-hydrogen) atoms. The summed E-state index contributed by atoms with van der Waals surface area (Å²) < 4.78 is 4.89. The van der Waals surface area contributed by atoms with Gasteiger partial charge in [0.05, 0.1) is 16.7 Å². The fourth-order valence-electron chi connectivity index (χ4n) is 1.91. The van der Waals surface area contributed by atoms with Crippen LogP contribution in [0.2, 0.25) is 10.0 Å². The summed E-state index contributed by atoms with van der Waals surface area (Å²) in [6.45, 7) is 2.07. The van der Waals surface area contributed by atoms with Crippen molar-refractivity contribution in [1.29, 1.82) is 0 Å². The summed E-state index contributed by atoms with van der Waals surface area (Å²) in [5, 5.41) is 1.87. The van der Waals surface area contributed by atoms with Crippen LogP contribution in [0.1, 0.15) is 12.5 Å². The van der Waals surface area contributed by atoms with Gasteiger partial charge in [0, 0.05) is 23.5 Å². The summed E-state index contributed by atoms with van der Waals surface area (Å²) in [5.41, 5.74) is 7.58. The molecule has 1 aromatic carbocycles. The summed E-state index contributed by atoms with van der Waals surface area (Å²) >= 11 is 11.9. The fourth-order valence-corrected chi connectivity index (χ4v) is 2.24. The van der Waals surface area contributed by atoms with Gasteiger partial charge in [-0.25, -0.2) is 0 Å². The van der Waals surface area contributed by atoms with Crippen molar-refractivity contribution < 1.29 is 9.53 Å². The number of carbonyl (C=O) groups is 1. The lowest BCUT2D eigenvalue weighted by atomic mass is 10.1.